The van der Waals surface area contributed by atoms with Crippen LogP contribution in [0.4, 0.5) is 11.4 Å². The van der Waals surface area contributed by atoms with Crippen LogP contribution in [-0.4, -0.2) is 11.0 Å². The zero-order valence-corrected chi connectivity index (χ0v) is 13.1. The molecule has 0 aliphatic rings. The summed E-state index contributed by atoms with van der Waals surface area (Å²) in [6.45, 7) is 0. The zero-order chi connectivity index (χ0) is 14.9. The fraction of sp³-hybridized carbons (Fsp3) is 0. The highest BCUT2D eigenvalue weighted by Crippen LogP contribution is 2.36. The first-order valence-corrected chi connectivity index (χ1v) is 6.98. The number of aromatic hydroxyl groups is 1. The van der Waals surface area contributed by atoms with Crippen molar-refractivity contribution >= 4 is 56.4 Å². The van der Waals surface area contributed by atoms with Crippen molar-refractivity contribution in [1.82, 2.24) is 0 Å². The Labute approximate surface area is 133 Å². The first kappa shape index (κ1) is 15.0. The Hall–Kier alpha value is -1.43. The van der Waals surface area contributed by atoms with Crippen LogP contribution in [0, 0.1) is 0 Å². The van der Waals surface area contributed by atoms with Crippen LogP contribution in [0.15, 0.2) is 34.8 Å². The molecule has 4 N–H and O–H groups in total. The van der Waals surface area contributed by atoms with Crippen molar-refractivity contribution in [3.63, 3.8) is 0 Å². The number of anilines is 2. The van der Waals surface area contributed by atoms with E-state index in [2.05, 4.69) is 21.2 Å². The Morgan fingerprint density at radius 1 is 1.20 bits per heavy atom. The van der Waals surface area contributed by atoms with Crippen molar-refractivity contribution in [3.8, 4) is 5.75 Å². The SMILES string of the molecule is Nc1ccc(C(=O)Nc2ccc(Br)c(Cl)c2Cl)cc1O. The molecule has 0 aliphatic carbocycles. The van der Waals surface area contributed by atoms with Gasteiger partial charge in [0.25, 0.3) is 5.91 Å². The fourth-order valence-corrected chi connectivity index (χ4v) is 2.32. The van der Waals surface area contributed by atoms with E-state index in [9.17, 15) is 9.90 Å². The van der Waals surface area contributed by atoms with E-state index < -0.39 is 5.91 Å². The molecule has 0 radical (unpaired) electrons. The van der Waals surface area contributed by atoms with Crippen LogP contribution in [0.25, 0.3) is 0 Å². The minimum Gasteiger partial charge on any atom is -0.506 e. The number of carbonyl (C=O) groups excluding carboxylic acids is 1. The van der Waals surface area contributed by atoms with Gasteiger partial charge in [0.05, 0.1) is 21.4 Å². The summed E-state index contributed by atoms with van der Waals surface area (Å²) in [7, 11) is 0. The molecule has 7 heteroatoms. The van der Waals surface area contributed by atoms with Gasteiger partial charge in [0.2, 0.25) is 0 Å². The summed E-state index contributed by atoms with van der Waals surface area (Å²) < 4.78 is 0.632. The minimum absolute atomic E-state index is 0.155. The van der Waals surface area contributed by atoms with E-state index in [1.165, 1.54) is 18.2 Å². The third-order valence-corrected chi connectivity index (χ3v) is 4.35. The Balaban J connectivity index is 2.28. The van der Waals surface area contributed by atoms with Crippen molar-refractivity contribution < 1.29 is 9.90 Å². The number of rotatable bonds is 2. The summed E-state index contributed by atoms with van der Waals surface area (Å²) >= 11 is 15.2. The van der Waals surface area contributed by atoms with Gasteiger partial charge in [0.1, 0.15) is 5.75 Å². The van der Waals surface area contributed by atoms with Crippen LogP contribution in [0.2, 0.25) is 10.0 Å². The molecular formula is C13H9BrCl2N2O2. The lowest BCUT2D eigenvalue weighted by Crippen LogP contribution is -2.12. The van der Waals surface area contributed by atoms with Gasteiger partial charge in [-0.15, -0.1) is 0 Å². The van der Waals surface area contributed by atoms with E-state index in [0.717, 1.165) is 0 Å². The molecule has 2 aromatic rings. The molecule has 0 atom stereocenters. The van der Waals surface area contributed by atoms with Gasteiger partial charge < -0.3 is 16.2 Å². The van der Waals surface area contributed by atoms with Crippen molar-refractivity contribution in [1.29, 1.82) is 0 Å². The molecule has 4 nitrogen and oxygen atoms in total. The molecule has 0 bridgehead atoms. The molecule has 1 amide bonds. The third-order valence-electron chi connectivity index (χ3n) is 2.58. The first-order chi connectivity index (χ1) is 9.40. The van der Waals surface area contributed by atoms with Gasteiger partial charge in [-0.05, 0) is 46.3 Å². The average Bonchev–Trinajstić information content (AvgIpc) is 2.42. The normalized spacial score (nSPS) is 10.3. The lowest BCUT2D eigenvalue weighted by atomic mass is 10.1. The van der Waals surface area contributed by atoms with E-state index in [0.29, 0.717) is 15.2 Å². The third kappa shape index (κ3) is 3.00. The number of phenols is 1. The Bertz CT molecular complexity index is 692. The largest absolute Gasteiger partial charge is 0.506 e. The second kappa shape index (κ2) is 5.91. The number of nitrogens with two attached hydrogens (primary N) is 1. The van der Waals surface area contributed by atoms with Crippen molar-refractivity contribution in [2.75, 3.05) is 11.1 Å². The first-order valence-electron chi connectivity index (χ1n) is 5.43. The maximum absolute atomic E-state index is 12.0. The van der Waals surface area contributed by atoms with Gasteiger partial charge >= 0.3 is 0 Å². The van der Waals surface area contributed by atoms with E-state index in [1.807, 2.05) is 0 Å². The zero-order valence-electron chi connectivity index (χ0n) is 9.95. The predicted octanol–water partition coefficient (Wildman–Crippen LogP) is 4.30. The number of phenolic OH excluding ortho intramolecular Hbond substituents is 1. The Morgan fingerprint density at radius 3 is 2.55 bits per heavy atom. The van der Waals surface area contributed by atoms with Gasteiger partial charge in [-0.1, -0.05) is 23.2 Å². The van der Waals surface area contributed by atoms with Crippen molar-refractivity contribution in [2.45, 2.75) is 0 Å². The second-order valence-corrected chi connectivity index (χ2v) is 5.56. The van der Waals surface area contributed by atoms with Gasteiger partial charge in [-0.25, -0.2) is 0 Å². The quantitative estimate of drug-likeness (QED) is 0.416. The lowest BCUT2D eigenvalue weighted by Gasteiger charge is -2.10. The summed E-state index contributed by atoms with van der Waals surface area (Å²) in [5, 5.41) is 12.6. The second-order valence-electron chi connectivity index (χ2n) is 3.95. The van der Waals surface area contributed by atoms with Crippen LogP contribution in [-0.2, 0) is 0 Å². The topological polar surface area (TPSA) is 75.4 Å². The molecule has 0 spiro atoms. The van der Waals surface area contributed by atoms with Crippen LogP contribution in [0.3, 0.4) is 0 Å². The molecule has 104 valence electrons. The summed E-state index contributed by atoms with van der Waals surface area (Å²) in [6, 6.07) is 7.51. The Morgan fingerprint density at radius 2 is 1.90 bits per heavy atom. The monoisotopic (exact) mass is 374 g/mol. The van der Waals surface area contributed by atoms with Crippen LogP contribution < -0.4 is 11.1 Å². The maximum atomic E-state index is 12.0. The highest BCUT2D eigenvalue weighted by Gasteiger charge is 2.13. The van der Waals surface area contributed by atoms with Gasteiger partial charge in [-0.3, -0.25) is 4.79 Å². The average molecular weight is 376 g/mol. The number of hydrogen-bond donors (Lipinski definition) is 3. The van der Waals surface area contributed by atoms with Crippen LogP contribution in [0.1, 0.15) is 10.4 Å². The lowest BCUT2D eigenvalue weighted by molar-refractivity contribution is 0.102. The number of nitrogens with one attached hydrogen (secondary N) is 1. The number of nitrogen functional groups attached to an aromatic ring is 1. The summed E-state index contributed by atoms with van der Waals surface area (Å²) in [4.78, 5) is 12.0. The standard InChI is InChI=1S/C13H9BrCl2N2O2/c14-7-2-4-9(12(16)11(7)15)18-13(20)6-1-3-8(17)10(19)5-6/h1-5,19H,17H2,(H,18,20). The molecule has 0 heterocycles. The van der Waals surface area contributed by atoms with Crippen LogP contribution in [0.5, 0.6) is 5.75 Å². The Kier molecular flexibility index (Phi) is 4.42. The summed E-state index contributed by atoms with van der Waals surface area (Å²) in [5.41, 5.74) is 6.31. The highest BCUT2D eigenvalue weighted by molar-refractivity contribution is 9.10. The van der Waals surface area contributed by atoms with E-state index in [4.69, 9.17) is 28.9 Å². The van der Waals surface area contributed by atoms with E-state index in [1.54, 1.807) is 12.1 Å². The summed E-state index contributed by atoms with van der Waals surface area (Å²) in [6.07, 6.45) is 0. The van der Waals surface area contributed by atoms with Gasteiger partial charge in [0.15, 0.2) is 0 Å². The van der Waals surface area contributed by atoms with E-state index in [-0.39, 0.29) is 22.0 Å². The molecule has 0 unspecified atom stereocenters. The van der Waals surface area contributed by atoms with Crippen molar-refractivity contribution in [2.24, 2.45) is 0 Å². The minimum atomic E-state index is -0.430. The molecule has 0 aromatic heterocycles. The molecule has 0 saturated carbocycles. The van der Waals surface area contributed by atoms with Gasteiger partial charge in [-0.2, -0.15) is 0 Å². The summed E-state index contributed by atoms with van der Waals surface area (Å²) in [5.74, 6) is -0.585. The number of carbonyl (C=O) groups is 1. The molecule has 0 fully saturated rings. The fourth-order valence-electron chi connectivity index (χ4n) is 1.50. The molecule has 0 saturated heterocycles. The maximum Gasteiger partial charge on any atom is 0.255 e. The van der Waals surface area contributed by atoms with Gasteiger partial charge in [0, 0.05) is 10.0 Å². The molecule has 0 aliphatic heterocycles. The molecular weight excluding hydrogens is 367 g/mol. The number of amides is 1. The smallest absolute Gasteiger partial charge is 0.255 e. The predicted molar refractivity (Wildman–Crippen MR) is 84.6 cm³/mol. The van der Waals surface area contributed by atoms with Crippen LogP contribution >= 0.6 is 39.1 Å². The number of halogens is 3. The number of benzene rings is 2. The van der Waals surface area contributed by atoms with Crippen molar-refractivity contribution in [3.05, 3.63) is 50.4 Å². The van der Waals surface area contributed by atoms with E-state index >= 15 is 0 Å². The highest BCUT2D eigenvalue weighted by atomic mass is 79.9. The number of hydrogen-bond acceptors (Lipinski definition) is 3. The molecule has 2 rings (SSSR count). The molecule has 20 heavy (non-hydrogen) atoms. The molecule has 2 aromatic carbocycles.